The molecule has 27 nitrogen and oxygen atoms in total. The molecule has 2 unspecified atom stereocenters. The Morgan fingerprint density at radius 2 is 0.979 bits per heavy atom. The molecule has 10 N–H and O–H groups in total. The number of anilines is 9. The van der Waals surface area contributed by atoms with Gasteiger partial charge in [-0.05, 0) is 109 Å². The van der Waals surface area contributed by atoms with Crippen LogP contribution in [-0.4, -0.2) is 176 Å². The van der Waals surface area contributed by atoms with Crippen molar-refractivity contribution in [2.24, 2.45) is 0 Å². The average molecular weight is 1300 g/mol. The van der Waals surface area contributed by atoms with Crippen molar-refractivity contribution in [3.05, 3.63) is 156 Å². The molecule has 0 bridgehead atoms. The number of aromatic amines is 2. The zero-order chi connectivity index (χ0) is 65.1. The van der Waals surface area contributed by atoms with E-state index in [0.29, 0.717) is 94.3 Å². The molecule has 3 aliphatic rings. The minimum atomic E-state index is -2.36. The third-order valence-electron chi connectivity index (χ3n) is 17.2. The van der Waals surface area contributed by atoms with Gasteiger partial charge in [0.2, 0.25) is 29.4 Å². The van der Waals surface area contributed by atoms with Crippen LogP contribution in [0.15, 0.2) is 133 Å². The first kappa shape index (κ1) is 59.8. The van der Waals surface area contributed by atoms with Crippen LogP contribution in [0.2, 0.25) is 0 Å². The number of carbonyl (C=O) groups excluding carboxylic acids is 2. The van der Waals surface area contributed by atoms with Crippen molar-refractivity contribution in [3.63, 3.8) is 0 Å². The van der Waals surface area contributed by atoms with Crippen molar-refractivity contribution < 1.29 is 27.2 Å². The van der Waals surface area contributed by atoms with Gasteiger partial charge >= 0.3 is 0 Å². The topological polar surface area (TPSA) is 334 Å². The minimum absolute atomic E-state index is 0.00762. The minimum Gasteiger partial charge on any atom is -0.368 e. The number of halogens is 4. The van der Waals surface area contributed by atoms with E-state index in [4.69, 9.17) is 52.1 Å². The van der Waals surface area contributed by atoms with E-state index in [9.17, 15) is 13.2 Å². The Hall–Kier alpha value is -11.5. The van der Waals surface area contributed by atoms with Gasteiger partial charge in [0, 0.05) is 119 Å². The molecule has 11 heterocycles. The van der Waals surface area contributed by atoms with Crippen molar-refractivity contribution in [1.29, 1.82) is 0 Å². The van der Waals surface area contributed by atoms with E-state index >= 15 is 14.0 Å². The number of imidazole rings is 3. The Bertz CT molecular complexity index is 4810. The number of piperazine rings is 3. The highest BCUT2D eigenvalue weighted by Gasteiger charge is 2.60. The Labute approximate surface area is 540 Å². The third-order valence-corrected chi connectivity index (χ3v) is 17.9. The lowest BCUT2D eigenvalue weighted by molar-refractivity contribution is -0.153. The summed E-state index contributed by atoms with van der Waals surface area (Å²) in [6.45, 7) is 2.43. The summed E-state index contributed by atoms with van der Waals surface area (Å²) < 4.78 is 59.6. The van der Waals surface area contributed by atoms with E-state index in [1.165, 1.54) is 78.2 Å². The van der Waals surface area contributed by atoms with E-state index < -0.39 is 41.0 Å². The molecule has 0 saturated carbocycles. The smallest absolute Gasteiger partial charge is 0.269 e. The van der Waals surface area contributed by atoms with Gasteiger partial charge < -0.3 is 57.4 Å². The van der Waals surface area contributed by atoms with Gasteiger partial charge in [-0.25, -0.2) is 42.5 Å². The van der Waals surface area contributed by atoms with Crippen LogP contribution in [0.4, 0.5) is 69.5 Å². The molecule has 32 heteroatoms. The first-order chi connectivity index (χ1) is 46.2. The summed E-state index contributed by atoms with van der Waals surface area (Å²) in [6.07, 6.45) is 3.08. The summed E-state index contributed by atoms with van der Waals surface area (Å²) >= 11 is 1.17. The van der Waals surface area contributed by atoms with E-state index in [1.54, 1.807) is 70.7 Å². The number of nitrogens with two attached hydrogens (primary N) is 3. The van der Waals surface area contributed by atoms with Crippen LogP contribution in [0, 0.1) is 23.3 Å². The average Bonchev–Trinajstić information content (AvgIpc) is 1.65. The van der Waals surface area contributed by atoms with Crippen LogP contribution in [0.5, 0.6) is 0 Å². The molecule has 3 fully saturated rings. The second-order valence-electron chi connectivity index (χ2n) is 22.8. The first-order valence-corrected chi connectivity index (χ1v) is 31.2. The number of fused-ring (bicyclic) bond motifs is 3. The number of H-pyrrole nitrogens is 2. The van der Waals surface area contributed by atoms with E-state index in [0.717, 1.165) is 5.69 Å². The summed E-state index contributed by atoms with van der Waals surface area (Å²) in [5.74, 6) is -1.42. The molecular weight excluding hydrogens is 1250 g/mol. The van der Waals surface area contributed by atoms with Gasteiger partial charge in [-0.3, -0.25) is 24.0 Å². The fraction of sp³-hybridized carbons (Fsp3) is 0.222. The highest BCUT2D eigenvalue weighted by molar-refractivity contribution is 7.13. The number of thiazole rings is 1. The maximum atomic E-state index is 17.3. The standard InChI is InChI=1S/C63H57F4N25O2S/c64-38-10-4-35(5-11-38)48-74-44-50(77-48)79-59(68)81-53(44)88-28-24-87(25-29-88)47(57(93)85-62-72-21-34-95-62)63(58(94)73-43-3-1-2-20-71-43,91-32-30-90(31-33-91)54-45-51(80-60(69)82-54)78-49(75-45)36-6-12-39(65)13-7-36)92-52(37-8-14-40(66)15-9-37)76-46-55(83-61(70)84-56(46)92)89-26-22-86(23-27-89)42-18-16-41(67)17-19-42/h1-21,34,47H,22-33H2,(H2,70,83,84)(H,71,73,94)(H,72,85,93)(H3,68,74,77,79,81)(H3,69,75,78,80,82). The van der Waals surface area contributed by atoms with E-state index in [2.05, 4.69) is 45.4 Å². The molecule has 8 aromatic heterocycles. The van der Waals surface area contributed by atoms with Crippen molar-refractivity contribution in [3.8, 4) is 34.2 Å². The van der Waals surface area contributed by atoms with E-state index in [-0.39, 0.29) is 104 Å². The number of carbonyl (C=O) groups is 2. The first-order valence-electron chi connectivity index (χ1n) is 30.3. The molecule has 0 aliphatic carbocycles. The highest BCUT2D eigenvalue weighted by Crippen LogP contribution is 2.44. The van der Waals surface area contributed by atoms with Crippen LogP contribution in [-0.2, 0) is 15.3 Å². The predicted octanol–water partition coefficient (Wildman–Crippen LogP) is 6.58. The second kappa shape index (κ2) is 24.5. The van der Waals surface area contributed by atoms with Crippen LogP contribution >= 0.6 is 11.3 Å². The largest absolute Gasteiger partial charge is 0.368 e. The monoisotopic (exact) mass is 1300 g/mol. The van der Waals surface area contributed by atoms with E-state index in [1.807, 2.05) is 24.5 Å². The molecule has 4 aromatic carbocycles. The number of hydrogen-bond acceptors (Lipinski definition) is 23. The Kier molecular flexibility index (Phi) is 15.4. The normalized spacial score (nSPS) is 16.0. The van der Waals surface area contributed by atoms with Gasteiger partial charge in [-0.2, -0.15) is 29.9 Å². The maximum Gasteiger partial charge on any atom is 0.269 e. The van der Waals surface area contributed by atoms with Gasteiger partial charge in [-0.1, -0.05) is 6.07 Å². The lowest BCUT2D eigenvalue weighted by Crippen LogP contribution is -2.75. The lowest BCUT2D eigenvalue weighted by atomic mass is 9.90. The fourth-order valence-corrected chi connectivity index (χ4v) is 13.4. The van der Waals surface area contributed by atoms with Gasteiger partial charge in [0.05, 0.1) is 0 Å². The van der Waals surface area contributed by atoms with Crippen molar-refractivity contribution in [2.45, 2.75) is 11.7 Å². The summed E-state index contributed by atoms with van der Waals surface area (Å²) in [4.78, 5) is 105. The number of nitrogen functional groups attached to an aromatic ring is 3. The highest BCUT2D eigenvalue weighted by atomic mass is 32.1. The van der Waals surface area contributed by atoms with Crippen LogP contribution in [0.3, 0.4) is 0 Å². The Morgan fingerprint density at radius 3 is 1.49 bits per heavy atom. The second-order valence-corrected chi connectivity index (χ2v) is 23.7. The maximum absolute atomic E-state index is 17.3. The predicted molar refractivity (Wildman–Crippen MR) is 352 cm³/mol. The van der Waals surface area contributed by atoms with Crippen molar-refractivity contribution in [1.82, 2.24) is 79.2 Å². The summed E-state index contributed by atoms with van der Waals surface area (Å²) in [5, 5.41) is 8.19. The van der Waals surface area contributed by atoms with Gasteiger partial charge in [-0.15, -0.1) is 11.3 Å². The molecule has 15 rings (SSSR count). The summed E-state index contributed by atoms with van der Waals surface area (Å²) in [5.41, 5.74) is 21.5. The number of nitrogens with one attached hydrogen (secondary N) is 4. The molecule has 12 aromatic rings. The molecule has 2 amide bonds. The number of rotatable bonds is 15. The molecule has 2 atom stereocenters. The number of pyridine rings is 1. The van der Waals surface area contributed by atoms with Crippen molar-refractivity contribution in [2.75, 3.05) is 126 Å². The Morgan fingerprint density at radius 1 is 0.495 bits per heavy atom. The number of aromatic nitrogens is 14. The lowest BCUT2D eigenvalue weighted by Gasteiger charge is -2.53. The number of benzene rings is 4. The zero-order valence-electron chi connectivity index (χ0n) is 50.3. The third kappa shape index (κ3) is 11.3. The molecule has 0 spiro atoms. The molecule has 0 radical (unpaired) electrons. The molecule has 480 valence electrons. The quantitative estimate of drug-likeness (QED) is 0.0533. The molecule has 95 heavy (non-hydrogen) atoms. The van der Waals surface area contributed by atoms with Gasteiger partial charge in [0.25, 0.3) is 5.91 Å². The summed E-state index contributed by atoms with van der Waals surface area (Å²) in [7, 11) is 0. The van der Waals surface area contributed by atoms with Gasteiger partial charge in [0.15, 0.2) is 56.1 Å². The number of amides is 2. The molecule has 3 saturated heterocycles. The molecule has 3 aliphatic heterocycles. The number of nitrogens with zero attached hydrogens (tertiary/aromatic N) is 18. The van der Waals surface area contributed by atoms with Crippen LogP contribution < -0.4 is 47.4 Å². The Balaban J connectivity index is 0.919. The fourth-order valence-electron chi connectivity index (χ4n) is 12.8. The van der Waals surface area contributed by atoms with Crippen LogP contribution in [0.1, 0.15) is 0 Å². The van der Waals surface area contributed by atoms with Crippen molar-refractivity contribution >= 4 is 109 Å². The molecular formula is C63H57F4N25O2S. The summed E-state index contributed by atoms with van der Waals surface area (Å²) in [6, 6.07) is 27.0. The van der Waals surface area contributed by atoms with Crippen LogP contribution in [0.25, 0.3) is 67.7 Å². The van der Waals surface area contributed by atoms with Gasteiger partial charge in [0.1, 0.15) is 52.6 Å². The number of hydrogen-bond donors (Lipinski definition) is 7. The zero-order valence-corrected chi connectivity index (χ0v) is 51.1. The SMILES string of the molecule is Nc1nc(N2CCN(C(C(=O)Nc3nccs3)C(C(=O)Nc3ccccn3)(N3CCN(c4nc(N)nc5[nH]c(-c6ccc(F)cc6)nc45)CC3)n3c(-c4ccc(F)cc4)nc4c(N5CCN(c6ccc(F)cc6)CC5)nc(N)nc43)CC2)c2nc(-c3ccc(F)cc3)[nH]c2n1.